The predicted octanol–water partition coefficient (Wildman–Crippen LogP) is 4.27. The van der Waals surface area contributed by atoms with Gasteiger partial charge in [0.25, 0.3) is 0 Å². The van der Waals surface area contributed by atoms with E-state index in [2.05, 4.69) is 52.0 Å². The molecule has 84 valence electrons. The summed E-state index contributed by atoms with van der Waals surface area (Å²) in [6.07, 6.45) is 1.80. The molecule has 0 aliphatic rings. The van der Waals surface area contributed by atoms with E-state index in [-0.39, 0.29) is 5.41 Å². The summed E-state index contributed by atoms with van der Waals surface area (Å²) in [5.74, 6) is 0. The highest BCUT2D eigenvalue weighted by Gasteiger charge is 2.18. The summed E-state index contributed by atoms with van der Waals surface area (Å²) < 4.78 is 0.990. The minimum Gasteiger partial charge on any atom is -0.253 e. The van der Waals surface area contributed by atoms with E-state index < -0.39 is 0 Å². The molecule has 0 bridgehead atoms. The van der Waals surface area contributed by atoms with Gasteiger partial charge in [-0.25, -0.2) is 4.98 Å². The average molecular weight is 297 g/mol. The zero-order valence-corrected chi connectivity index (χ0v) is 11.9. The van der Waals surface area contributed by atoms with Crippen molar-refractivity contribution in [2.75, 3.05) is 0 Å². The molecule has 0 atom stereocenters. The van der Waals surface area contributed by atoms with Crippen LogP contribution in [-0.4, -0.2) is 9.97 Å². The fourth-order valence-corrected chi connectivity index (χ4v) is 2.49. The minimum absolute atomic E-state index is 0.101. The standard InChI is InChI=1S/C12H13BrN2S/c1-12(2,3)10-7-16-11(15-10)9-5-4-8(13)6-14-9/h4-7H,1-3H3. The van der Waals surface area contributed by atoms with E-state index in [1.54, 1.807) is 17.5 Å². The number of hydrogen-bond acceptors (Lipinski definition) is 3. The van der Waals surface area contributed by atoms with Gasteiger partial charge in [-0.2, -0.15) is 0 Å². The molecule has 0 amide bonds. The first-order valence-corrected chi connectivity index (χ1v) is 6.72. The van der Waals surface area contributed by atoms with E-state index in [9.17, 15) is 0 Å². The summed E-state index contributed by atoms with van der Waals surface area (Å²) in [7, 11) is 0. The van der Waals surface area contributed by atoms with E-state index in [0.717, 1.165) is 20.9 Å². The lowest BCUT2D eigenvalue weighted by molar-refractivity contribution is 0.573. The van der Waals surface area contributed by atoms with Crippen molar-refractivity contribution < 1.29 is 0 Å². The average Bonchev–Trinajstić information content (AvgIpc) is 2.67. The Balaban J connectivity index is 2.35. The van der Waals surface area contributed by atoms with Crippen molar-refractivity contribution in [3.05, 3.63) is 33.9 Å². The highest BCUT2D eigenvalue weighted by molar-refractivity contribution is 9.10. The third-order valence-corrected chi connectivity index (χ3v) is 3.55. The molecular formula is C12H13BrN2S. The SMILES string of the molecule is CC(C)(C)c1csc(-c2ccc(Br)cn2)n1. The smallest absolute Gasteiger partial charge is 0.142 e. The minimum atomic E-state index is 0.101. The van der Waals surface area contributed by atoms with Crippen LogP contribution in [0.1, 0.15) is 26.5 Å². The van der Waals surface area contributed by atoms with Crippen LogP contribution in [0.2, 0.25) is 0 Å². The molecule has 2 heterocycles. The molecular weight excluding hydrogens is 284 g/mol. The Hall–Kier alpha value is -0.740. The molecule has 0 saturated heterocycles. The largest absolute Gasteiger partial charge is 0.253 e. The number of halogens is 1. The molecule has 2 aromatic heterocycles. The van der Waals surface area contributed by atoms with Crippen LogP contribution in [-0.2, 0) is 5.41 Å². The predicted molar refractivity (Wildman–Crippen MR) is 71.7 cm³/mol. The molecule has 0 unspecified atom stereocenters. The zero-order chi connectivity index (χ0) is 11.8. The quantitative estimate of drug-likeness (QED) is 0.785. The Bertz CT molecular complexity index is 482. The first kappa shape index (κ1) is 11.7. The van der Waals surface area contributed by atoms with Gasteiger partial charge in [0.2, 0.25) is 0 Å². The second-order valence-electron chi connectivity index (χ2n) is 4.65. The Morgan fingerprint density at radius 2 is 2.00 bits per heavy atom. The van der Waals surface area contributed by atoms with E-state index in [1.807, 2.05) is 12.1 Å². The second kappa shape index (κ2) is 4.26. The Kier molecular flexibility index (Phi) is 3.13. The summed E-state index contributed by atoms with van der Waals surface area (Å²) in [4.78, 5) is 8.97. The van der Waals surface area contributed by atoms with Gasteiger partial charge in [-0.15, -0.1) is 11.3 Å². The molecule has 0 aromatic carbocycles. The van der Waals surface area contributed by atoms with Gasteiger partial charge in [-0.05, 0) is 28.1 Å². The molecule has 0 spiro atoms. The lowest BCUT2D eigenvalue weighted by Gasteiger charge is -2.14. The van der Waals surface area contributed by atoms with Crippen molar-refractivity contribution in [3.63, 3.8) is 0 Å². The van der Waals surface area contributed by atoms with E-state index in [4.69, 9.17) is 0 Å². The van der Waals surface area contributed by atoms with Gasteiger partial charge >= 0.3 is 0 Å². The monoisotopic (exact) mass is 296 g/mol. The van der Waals surface area contributed by atoms with Crippen LogP contribution in [0.15, 0.2) is 28.2 Å². The van der Waals surface area contributed by atoms with Crippen molar-refractivity contribution in [1.29, 1.82) is 0 Å². The molecule has 2 nitrogen and oxygen atoms in total. The van der Waals surface area contributed by atoms with Crippen molar-refractivity contribution >= 4 is 27.3 Å². The molecule has 2 rings (SSSR count). The van der Waals surface area contributed by atoms with Crippen LogP contribution < -0.4 is 0 Å². The maximum Gasteiger partial charge on any atom is 0.142 e. The van der Waals surface area contributed by atoms with Gasteiger partial charge in [0.15, 0.2) is 0 Å². The lowest BCUT2D eigenvalue weighted by atomic mass is 9.93. The third kappa shape index (κ3) is 2.50. The first-order chi connectivity index (χ1) is 7.47. The number of aromatic nitrogens is 2. The normalized spacial score (nSPS) is 11.8. The van der Waals surface area contributed by atoms with E-state index in [0.29, 0.717) is 0 Å². The van der Waals surface area contributed by atoms with Crippen molar-refractivity contribution in [2.45, 2.75) is 26.2 Å². The second-order valence-corrected chi connectivity index (χ2v) is 6.42. The van der Waals surface area contributed by atoms with Crippen molar-refractivity contribution in [3.8, 4) is 10.7 Å². The Labute approximate surface area is 108 Å². The molecule has 4 heteroatoms. The molecule has 0 aliphatic carbocycles. The van der Waals surface area contributed by atoms with Gasteiger partial charge in [0.05, 0.1) is 11.4 Å². The molecule has 0 aliphatic heterocycles. The van der Waals surface area contributed by atoms with Gasteiger partial charge in [0.1, 0.15) is 5.01 Å². The maximum absolute atomic E-state index is 4.62. The summed E-state index contributed by atoms with van der Waals surface area (Å²) in [6.45, 7) is 6.50. The van der Waals surface area contributed by atoms with Crippen LogP contribution in [0.4, 0.5) is 0 Å². The van der Waals surface area contributed by atoms with Crippen LogP contribution in [0, 0.1) is 0 Å². The fraction of sp³-hybridized carbons (Fsp3) is 0.333. The topological polar surface area (TPSA) is 25.8 Å². The van der Waals surface area contributed by atoms with Crippen LogP contribution in [0.25, 0.3) is 10.7 Å². The molecule has 0 N–H and O–H groups in total. The number of thiazole rings is 1. The molecule has 0 radical (unpaired) electrons. The molecule has 0 saturated carbocycles. The third-order valence-electron chi connectivity index (χ3n) is 2.22. The summed E-state index contributed by atoms with van der Waals surface area (Å²) in [5.41, 5.74) is 2.16. The van der Waals surface area contributed by atoms with Crippen LogP contribution >= 0.6 is 27.3 Å². The maximum atomic E-state index is 4.62. The highest BCUT2D eigenvalue weighted by Crippen LogP contribution is 2.28. The highest BCUT2D eigenvalue weighted by atomic mass is 79.9. The van der Waals surface area contributed by atoms with Gasteiger partial charge in [-0.3, -0.25) is 4.98 Å². The lowest BCUT2D eigenvalue weighted by Crippen LogP contribution is -2.11. The Morgan fingerprint density at radius 1 is 1.25 bits per heavy atom. The fourth-order valence-electron chi connectivity index (χ4n) is 1.24. The summed E-state index contributed by atoms with van der Waals surface area (Å²) >= 11 is 5.02. The first-order valence-electron chi connectivity index (χ1n) is 5.05. The van der Waals surface area contributed by atoms with Crippen molar-refractivity contribution in [2.24, 2.45) is 0 Å². The van der Waals surface area contributed by atoms with E-state index >= 15 is 0 Å². The van der Waals surface area contributed by atoms with E-state index in [1.165, 1.54) is 0 Å². The van der Waals surface area contributed by atoms with Gasteiger partial charge in [-0.1, -0.05) is 20.8 Å². The number of nitrogens with zero attached hydrogens (tertiary/aromatic N) is 2. The van der Waals surface area contributed by atoms with Gasteiger partial charge in [0, 0.05) is 21.5 Å². The number of pyridine rings is 1. The molecule has 16 heavy (non-hydrogen) atoms. The summed E-state index contributed by atoms with van der Waals surface area (Å²) in [6, 6.07) is 3.97. The van der Waals surface area contributed by atoms with Crippen LogP contribution in [0.3, 0.4) is 0 Å². The molecule has 2 aromatic rings. The van der Waals surface area contributed by atoms with Gasteiger partial charge < -0.3 is 0 Å². The Morgan fingerprint density at radius 3 is 2.50 bits per heavy atom. The molecule has 0 fully saturated rings. The number of hydrogen-bond donors (Lipinski definition) is 0. The van der Waals surface area contributed by atoms with Crippen LogP contribution in [0.5, 0.6) is 0 Å². The number of rotatable bonds is 1. The van der Waals surface area contributed by atoms with Crippen molar-refractivity contribution in [1.82, 2.24) is 9.97 Å². The zero-order valence-electron chi connectivity index (χ0n) is 9.49. The summed E-state index contributed by atoms with van der Waals surface area (Å²) in [5, 5.41) is 3.09.